The summed E-state index contributed by atoms with van der Waals surface area (Å²) in [4.78, 5) is 12.4. The lowest BCUT2D eigenvalue weighted by Crippen LogP contribution is -2.33. The quantitative estimate of drug-likeness (QED) is 0.572. The van der Waals surface area contributed by atoms with E-state index in [4.69, 9.17) is 4.74 Å². The Morgan fingerprint density at radius 3 is 2.47 bits per heavy atom. The molecule has 1 heterocycles. The molecule has 1 aliphatic rings. The second-order valence-electron chi connectivity index (χ2n) is 7.54. The molecule has 0 bridgehead atoms. The third kappa shape index (κ3) is 4.67. The zero-order valence-electron chi connectivity index (χ0n) is 17.3. The van der Waals surface area contributed by atoms with E-state index in [-0.39, 0.29) is 5.91 Å². The summed E-state index contributed by atoms with van der Waals surface area (Å²) in [5.41, 5.74) is 3.09. The molecule has 1 aliphatic carbocycles. The molecule has 4 rings (SSSR count). The fourth-order valence-electron chi connectivity index (χ4n) is 3.69. The first-order chi connectivity index (χ1) is 14.6. The summed E-state index contributed by atoms with van der Waals surface area (Å²) in [6.07, 6.45) is 4.56. The van der Waals surface area contributed by atoms with Crippen molar-refractivity contribution in [3.05, 3.63) is 54.1 Å². The largest absolute Gasteiger partial charge is 0.497 e. The molecule has 6 nitrogen and oxygen atoms in total. The summed E-state index contributed by atoms with van der Waals surface area (Å²) < 4.78 is 7.28. The van der Waals surface area contributed by atoms with Crippen molar-refractivity contribution < 1.29 is 9.53 Å². The first-order valence-corrected chi connectivity index (χ1v) is 11.2. The van der Waals surface area contributed by atoms with E-state index in [1.165, 1.54) is 30.2 Å². The summed E-state index contributed by atoms with van der Waals surface area (Å²) in [7, 11) is 1.65. The maximum absolute atomic E-state index is 12.4. The Morgan fingerprint density at radius 1 is 1.10 bits per heavy atom. The Bertz CT molecular complexity index is 993. The second-order valence-corrected chi connectivity index (χ2v) is 8.49. The van der Waals surface area contributed by atoms with E-state index in [9.17, 15) is 4.79 Å². The van der Waals surface area contributed by atoms with Gasteiger partial charge in [0.25, 0.3) is 0 Å². The van der Waals surface area contributed by atoms with Crippen LogP contribution in [0.15, 0.2) is 53.7 Å². The molecule has 1 aromatic heterocycles. The number of aryl methyl sites for hydroxylation is 1. The van der Waals surface area contributed by atoms with Crippen LogP contribution in [0.1, 0.15) is 31.2 Å². The van der Waals surface area contributed by atoms with Gasteiger partial charge in [-0.3, -0.25) is 9.36 Å². The number of nitrogens with one attached hydrogen (secondary N) is 1. The summed E-state index contributed by atoms with van der Waals surface area (Å²) in [5, 5.41) is 12.7. The lowest BCUT2D eigenvalue weighted by atomic mass is 10.2. The molecule has 0 atom stereocenters. The van der Waals surface area contributed by atoms with Gasteiger partial charge in [-0.2, -0.15) is 0 Å². The zero-order chi connectivity index (χ0) is 20.9. The van der Waals surface area contributed by atoms with E-state index in [0.717, 1.165) is 35.7 Å². The van der Waals surface area contributed by atoms with E-state index in [2.05, 4.69) is 34.6 Å². The van der Waals surface area contributed by atoms with E-state index in [1.807, 2.05) is 41.0 Å². The van der Waals surface area contributed by atoms with Gasteiger partial charge in [-0.15, -0.1) is 10.2 Å². The minimum Gasteiger partial charge on any atom is -0.497 e. The molecule has 1 amide bonds. The van der Waals surface area contributed by atoms with Gasteiger partial charge in [-0.05, 0) is 56.2 Å². The average Bonchev–Trinajstić information content (AvgIpc) is 3.43. The molecule has 2 aromatic carbocycles. The number of carbonyl (C=O) groups is 1. The first kappa shape index (κ1) is 20.5. The van der Waals surface area contributed by atoms with Crippen molar-refractivity contribution in [2.24, 2.45) is 0 Å². The summed E-state index contributed by atoms with van der Waals surface area (Å²) in [6, 6.07) is 16.3. The lowest BCUT2D eigenvalue weighted by molar-refractivity contribution is -0.119. The van der Waals surface area contributed by atoms with Crippen LogP contribution in [-0.4, -0.2) is 39.6 Å². The average molecular weight is 423 g/mol. The molecular weight excluding hydrogens is 396 g/mol. The number of carbonyl (C=O) groups excluding carboxylic acids is 1. The Kier molecular flexibility index (Phi) is 6.38. The van der Waals surface area contributed by atoms with E-state index in [0.29, 0.717) is 17.0 Å². The van der Waals surface area contributed by atoms with Gasteiger partial charge in [0.2, 0.25) is 5.91 Å². The van der Waals surface area contributed by atoms with Crippen molar-refractivity contribution >= 4 is 17.7 Å². The van der Waals surface area contributed by atoms with Crippen LogP contribution in [0.4, 0.5) is 0 Å². The van der Waals surface area contributed by atoms with E-state index >= 15 is 0 Å². The number of thioether (sulfide) groups is 1. The van der Waals surface area contributed by atoms with Crippen molar-refractivity contribution in [1.82, 2.24) is 20.1 Å². The molecule has 156 valence electrons. The number of aromatic nitrogens is 3. The number of hydrogen-bond acceptors (Lipinski definition) is 5. The molecule has 1 fully saturated rings. The fraction of sp³-hybridized carbons (Fsp3) is 0.348. The number of methoxy groups -OCH3 is 1. The Labute approximate surface area is 181 Å². The van der Waals surface area contributed by atoms with Crippen LogP contribution < -0.4 is 10.1 Å². The smallest absolute Gasteiger partial charge is 0.230 e. The van der Waals surface area contributed by atoms with Crippen molar-refractivity contribution in [1.29, 1.82) is 0 Å². The van der Waals surface area contributed by atoms with Gasteiger partial charge in [0.1, 0.15) is 5.75 Å². The first-order valence-electron chi connectivity index (χ1n) is 10.2. The molecule has 30 heavy (non-hydrogen) atoms. The van der Waals surface area contributed by atoms with Gasteiger partial charge in [0.05, 0.1) is 12.9 Å². The van der Waals surface area contributed by atoms with Crippen LogP contribution in [-0.2, 0) is 4.79 Å². The van der Waals surface area contributed by atoms with E-state index < -0.39 is 0 Å². The molecule has 1 N–H and O–H groups in total. The maximum atomic E-state index is 12.4. The highest BCUT2D eigenvalue weighted by Crippen LogP contribution is 2.29. The summed E-state index contributed by atoms with van der Waals surface area (Å²) in [5.74, 6) is 1.90. The Balaban J connectivity index is 1.60. The topological polar surface area (TPSA) is 69.0 Å². The number of amides is 1. The minimum atomic E-state index is 0.0522. The summed E-state index contributed by atoms with van der Waals surface area (Å²) >= 11 is 1.41. The SMILES string of the molecule is COc1ccc(-c2nnc(SCC(=O)NC3CCCC3)n2-c2ccc(C)cc2)cc1. The number of hydrogen-bond donors (Lipinski definition) is 1. The standard InChI is InChI=1S/C23H26N4O2S/c1-16-7-11-19(12-8-16)27-22(17-9-13-20(29-2)14-10-17)25-26-23(27)30-15-21(28)24-18-5-3-4-6-18/h7-14,18H,3-6,15H2,1-2H3,(H,24,28). The highest BCUT2D eigenvalue weighted by molar-refractivity contribution is 7.99. The maximum Gasteiger partial charge on any atom is 0.230 e. The van der Waals surface area contributed by atoms with Gasteiger partial charge in [-0.25, -0.2) is 0 Å². The molecule has 3 aromatic rings. The zero-order valence-corrected chi connectivity index (χ0v) is 18.1. The number of benzene rings is 2. The lowest BCUT2D eigenvalue weighted by Gasteiger charge is -2.13. The number of rotatable bonds is 7. The van der Waals surface area contributed by atoms with Gasteiger partial charge in [0.15, 0.2) is 11.0 Å². The van der Waals surface area contributed by atoms with Crippen LogP contribution in [0.25, 0.3) is 17.1 Å². The molecule has 0 saturated heterocycles. The molecule has 7 heteroatoms. The van der Waals surface area contributed by atoms with Crippen LogP contribution in [0.5, 0.6) is 5.75 Å². The molecule has 0 spiro atoms. The monoisotopic (exact) mass is 422 g/mol. The summed E-state index contributed by atoms with van der Waals surface area (Å²) in [6.45, 7) is 2.06. The van der Waals surface area contributed by atoms with Gasteiger partial charge < -0.3 is 10.1 Å². The Morgan fingerprint density at radius 2 is 1.80 bits per heavy atom. The molecule has 0 radical (unpaired) electrons. The van der Waals surface area contributed by atoms with Crippen LogP contribution in [0.3, 0.4) is 0 Å². The van der Waals surface area contributed by atoms with Gasteiger partial charge >= 0.3 is 0 Å². The van der Waals surface area contributed by atoms with Crippen molar-refractivity contribution in [3.8, 4) is 22.8 Å². The predicted molar refractivity (Wildman–Crippen MR) is 119 cm³/mol. The highest BCUT2D eigenvalue weighted by Gasteiger charge is 2.20. The second kappa shape index (κ2) is 9.34. The normalized spacial score (nSPS) is 14.1. The predicted octanol–water partition coefficient (Wildman–Crippen LogP) is 4.40. The Hall–Kier alpha value is -2.80. The van der Waals surface area contributed by atoms with E-state index in [1.54, 1.807) is 7.11 Å². The molecule has 0 unspecified atom stereocenters. The third-order valence-electron chi connectivity index (χ3n) is 5.33. The third-order valence-corrected chi connectivity index (χ3v) is 6.26. The van der Waals surface area contributed by atoms with Gasteiger partial charge in [0, 0.05) is 17.3 Å². The minimum absolute atomic E-state index is 0.0522. The number of nitrogens with zero attached hydrogens (tertiary/aromatic N) is 3. The van der Waals surface area contributed by atoms with Crippen LogP contribution in [0, 0.1) is 6.92 Å². The van der Waals surface area contributed by atoms with Crippen molar-refractivity contribution in [2.45, 2.75) is 43.8 Å². The fourth-order valence-corrected chi connectivity index (χ4v) is 4.45. The molecule has 0 aliphatic heterocycles. The van der Waals surface area contributed by atoms with Crippen LogP contribution in [0.2, 0.25) is 0 Å². The molecule has 1 saturated carbocycles. The molecular formula is C23H26N4O2S. The van der Waals surface area contributed by atoms with Gasteiger partial charge in [-0.1, -0.05) is 42.3 Å². The highest BCUT2D eigenvalue weighted by atomic mass is 32.2. The van der Waals surface area contributed by atoms with Crippen LogP contribution >= 0.6 is 11.8 Å². The number of ether oxygens (including phenoxy) is 1. The van der Waals surface area contributed by atoms with Crippen molar-refractivity contribution in [2.75, 3.05) is 12.9 Å². The van der Waals surface area contributed by atoms with Crippen molar-refractivity contribution in [3.63, 3.8) is 0 Å².